The lowest BCUT2D eigenvalue weighted by molar-refractivity contribution is 0.0611. The minimum Gasteiger partial charge on any atom is -0.503 e. The van der Waals surface area contributed by atoms with Gasteiger partial charge in [0.2, 0.25) is 5.43 Å². The van der Waals surface area contributed by atoms with Crippen molar-refractivity contribution < 1.29 is 27.9 Å². The molecule has 32 heavy (non-hydrogen) atoms. The van der Waals surface area contributed by atoms with Crippen molar-refractivity contribution in [1.82, 2.24) is 14.8 Å². The third kappa shape index (κ3) is 3.17. The van der Waals surface area contributed by atoms with Crippen LogP contribution in [0.4, 0.5) is 13.2 Å². The highest BCUT2D eigenvalue weighted by molar-refractivity contribution is 8.00. The number of hydrogen-bond donors (Lipinski definition) is 2. The maximum atomic E-state index is 13.8. The summed E-state index contributed by atoms with van der Waals surface area (Å²) in [5.41, 5.74) is -2.23. The van der Waals surface area contributed by atoms with E-state index in [1.54, 1.807) is 16.7 Å². The Morgan fingerprint density at radius 2 is 1.91 bits per heavy atom. The summed E-state index contributed by atoms with van der Waals surface area (Å²) in [6, 6.07) is 1.04. The van der Waals surface area contributed by atoms with Crippen molar-refractivity contribution in [2.45, 2.75) is 49.0 Å². The molecule has 1 aromatic carbocycles. The standard InChI is InChI=1S/C21H18F3N3O4S/c22-9-4-12(23)10(13(24)5-9)6-25-20(30)11-7-26-8-16-27(14-2-1-3-15(14)32-16)21(31)17(26)19(29)18(11)28/h4-5,7,14-16,29H,1-3,6,8H2,(H,25,30)/t14?,15-,16?/m0/s1. The second-order valence-electron chi connectivity index (χ2n) is 8.09. The minimum atomic E-state index is -1.18. The third-order valence-electron chi connectivity index (χ3n) is 6.24. The van der Waals surface area contributed by atoms with E-state index in [0.29, 0.717) is 23.9 Å². The quantitative estimate of drug-likeness (QED) is 0.726. The molecule has 2 fully saturated rings. The number of fused-ring (bicyclic) bond motifs is 4. The molecule has 5 rings (SSSR count). The van der Waals surface area contributed by atoms with Crippen molar-refractivity contribution in [2.24, 2.45) is 0 Å². The predicted octanol–water partition coefficient (Wildman–Crippen LogP) is 2.35. The minimum absolute atomic E-state index is 0.0734. The zero-order valence-corrected chi connectivity index (χ0v) is 17.4. The molecule has 3 heterocycles. The second kappa shape index (κ2) is 7.58. The zero-order valence-electron chi connectivity index (χ0n) is 16.6. The Morgan fingerprint density at radius 1 is 1.19 bits per heavy atom. The molecule has 2 aliphatic heterocycles. The van der Waals surface area contributed by atoms with Crippen LogP contribution in [0, 0.1) is 17.5 Å². The van der Waals surface area contributed by atoms with E-state index in [1.807, 2.05) is 0 Å². The summed E-state index contributed by atoms with van der Waals surface area (Å²) in [5, 5.41) is 12.8. The molecule has 2 N–H and O–H groups in total. The first-order valence-electron chi connectivity index (χ1n) is 10.1. The number of rotatable bonds is 3. The van der Waals surface area contributed by atoms with E-state index < -0.39 is 58.1 Å². The van der Waals surface area contributed by atoms with Gasteiger partial charge in [-0.1, -0.05) is 6.42 Å². The van der Waals surface area contributed by atoms with E-state index in [1.165, 1.54) is 10.8 Å². The first kappa shape index (κ1) is 20.9. The first-order valence-corrected chi connectivity index (χ1v) is 11.1. The molecule has 1 saturated heterocycles. The number of halogens is 3. The lowest BCUT2D eigenvalue weighted by Gasteiger charge is -2.35. The summed E-state index contributed by atoms with van der Waals surface area (Å²) in [6.07, 6.45) is 4.08. The van der Waals surface area contributed by atoms with E-state index in [0.717, 1.165) is 19.3 Å². The molecule has 1 saturated carbocycles. The van der Waals surface area contributed by atoms with Gasteiger partial charge in [-0.15, -0.1) is 11.8 Å². The van der Waals surface area contributed by atoms with Crippen LogP contribution < -0.4 is 10.7 Å². The fourth-order valence-corrected chi connectivity index (χ4v) is 6.54. The highest BCUT2D eigenvalue weighted by Gasteiger charge is 2.50. The van der Waals surface area contributed by atoms with Gasteiger partial charge in [0, 0.05) is 41.7 Å². The van der Waals surface area contributed by atoms with Crippen LogP contribution in [0.1, 0.15) is 45.7 Å². The largest absolute Gasteiger partial charge is 0.503 e. The van der Waals surface area contributed by atoms with Crippen molar-refractivity contribution in [3.63, 3.8) is 0 Å². The molecule has 0 bridgehead atoms. The highest BCUT2D eigenvalue weighted by Crippen LogP contribution is 2.47. The maximum Gasteiger partial charge on any atom is 0.275 e. The molecule has 3 atom stereocenters. The van der Waals surface area contributed by atoms with E-state index in [2.05, 4.69) is 5.32 Å². The Balaban J connectivity index is 1.43. The Kier molecular flexibility index (Phi) is 4.95. The van der Waals surface area contributed by atoms with E-state index in [9.17, 15) is 32.7 Å². The summed E-state index contributed by atoms with van der Waals surface area (Å²) in [4.78, 5) is 40.0. The molecular formula is C21H18F3N3O4S. The number of benzene rings is 1. The Hall–Kier alpha value is -2.95. The third-order valence-corrected chi connectivity index (χ3v) is 7.83. The monoisotopic (exact) mass is 465 g/mol. The van der Waals surface area contributed by atoms with Crippen LogP contribution in [0.3, 0.4) is 0 Å². The van der Waals surface area contributed by atoms with Crippen LogP contribution in [0.5, 0.6) is 5.75 Å². The molecule has 2 aromatic rings. The zero-order chi connectivity index (χ0) is 22.7. The van der Waals surface area contributed by atoms with Crippen LogP contribution in [-0.2, 0) is 13.1 Å². The fourth-order valence-electron chi connectivity index (χ4n) is 4.75. The predicted molar refractivity (Wildman–Crippen MR) is 109 cm³/mol. The first-order chi connectivity index (χ1) is 15.3. The van der Waals surface area contributed by atoms with E-state index in [4.69, 9.17) is 0 Å². The van der Waals surface area contributed by atoms with E-state index in [-0.39, 0.29) is 17.1 Å². The van der Waals surface area contributed by atoms with Crippen LogP contribution in [-0.4, -0.2) is 43.1 Å². The van der Waals surface area contributed by atoms with E-state index >= 15 is 0 Å². The Labute approximate surface area is 184 Å². The van der Waals surface area contributed by atoms with Crippen molar-refractivity contribution >= 4 is 23.6 Å². The number of nitrogens with one attached hydrogen (secondary N) is 1. The normalized spacial score (nSPS) is 23.7. The molecule has 3 aliphatic rings. The second-order valence-corrected chi connectivity index (χ2v) is 9.51. The van der Waals surface area contributed by atoms with Gasteiger partial charge >= 0.3 is 0 Å². The van der Waals surface area contributed by atoms with Crippen LogP contribution in [0.25, 0.3) is 0 Å². The Morgan fingerprint density at radius 3 is 2.62 bits per heavy atom. The van der Waals surface area contributed by atoms with Gasteiger partial charge in [-0.2, -0.15) is 0 Å². The molecule has 2 unspecified atom stereocenters. The van der Waals surface area contributed by atoms with Gasteiger partial charge in [0.1, 0.15) is 23.0 Å². The van der Waals surface area contributed by atoms with Crippen LogP contribution in [0.2, 0.25) is 0 Å². The lowest BCUT2D eigenvalue weighted by atomic mass is 10.1. The number of nitrogens with zero attached hydrogens (tertiary/aromatic N) is 2. The van der Waals surface area contributed by atoms with Gasteiger partial charge in [-0.05, 0) is 12.8 Å². The molecule has 11 heteroatoms. The SMILES string of the molecule is O=C(NCc1c(F)cc(F)cc1F)c1cn2c(c(O)c1=O)C(=O)N1C(C2)S[C@H]2CCCC21. The molecule has 2 amide bonds. The summed E-state index contributed by atoms with van der Waals surface area (Å²) in [7, 11) is 0. The van der Waals surface area contributed by atoms with Crippen molar-refractivity contribution in [2.75, 3.05) is 0 Å². The number of carbonyl (C=O) groups excluding carboxylic acids is 2. The fraction of sp³-hybridized carbons (Fsp3) is 0.381. The molecule has 0 radical (unpaired) electrons. The van der Waals surface area contributed by atoms with Gasteiger partial charge in [0.25, 0.3) is 11.8 Å². The Bertz CT molecular complexity index is 1190. The van der Waals surface area contributed by atoms with Gasteiger partial charge < -0.3 is 19.9 Å². The van der Waals surface area contributed by atoms with Crippen molar-refractivity contribution in [3.05, 3.63) is 62.8 Å². The molecule has 1 aliphatic carbocycles. The van der Waals surface area contributed by atoms with Gasteiger partial charge in [-0.25, -0.2) is 13.2 Å². The smallest absolute Gasteiger partial charge is 0.275 e. The average molecular weight is 465 g/mol. The summed E-state index contributed by atoms with van der Waals surface area (Å²) in [5.74, 6) is -5.70. The van der Waals surface area contributed by atoms with Crippen LogP contribution in [0.15, 0.2) is 23.1 Å². The van der Waals surface area contributed by atoms with Crippen molar-refractivity contribution in [3.8, 4) is 5.75 Å². The molecule has 168 valence electrons. The molecule has 0 spiro atoms. The number of pyridine rings is 1. The summed E-state index contributed by atoms with van der Waals surface area (Å²) >= 11 is 1.68. The van der Waals surface area contributed by atoms with Gasteiger partial charge in [-0.3, -0.25) is 14.4 Å². The average Bonchev–Trinajstić information content (AvgIpc) is 3.30. The summed E-state index contributed by atoms with van der Waals surface area (Å²) in [6.45, 7) is -0.332. The number of amides is 2. The number of hydrogen-bond acceptors (Lipinski definition) is 5. The van der Waals surface area contributed by atoms with Gasteiger partial charge in [0.15, 0.2) is 11.4 Å². The number of carbonyl (C=O) groups is 2. The van der Waals surface area contributed by atoms with Crippen LogP contribution >= 0.6 is 11.8 Å². The molecular weight excluding hydrogens is 447 g/mol. The number of thioether (sulfide) groups is 1. The maximum absolute atomic E-state index is 13.8. The number of aromatic nitrogens is 1. The van der Waals surface area contributed by atoms with Gasteiger partial charge in [0.05, 0.1) is 11.9 Å². The number of aromatic hydroxyl groups is 1. The molecule has 7 nitrogen and oxygen atoms in total. The van der Waals surface area contributed by atoms with Crippen molar-refractivity contribution in [1.29, 1.82) is 0 Å². The highest BCUT2D eigenvalue weighted by atomic mass is 32.2. The topological polar surface area (TPSA) is 91.6 Å². The molecule has 1 aromatic heterocycles. The summed E-state index contributed by atoms with van der Waals surface area (Å²) < 4.78 is 42.1. The lowest BCUT2D eigenvalue weighted by Crippen LogP contribution is -2.49.